The predicted molar refractivity (Wildman–Crippen MR) is 64.7 cm³/mol. The SMILES string of the molecule is Cc1[nH]c(=O)ncc1Nc1cccc(C=O)c1. The Morgan fingerprint density at radius 2 is 2.24 bits per heavy atom. The molecule has 0 atom stereocenters. The maximum atomic E-state index is 11.0. The van der Waals surface area contributed by atoms with E-state index in [1.165, 1.54) is 6.20 Å². The van der Waals surface area contributed by atoms with Gasteiger partial charge in [-0.05, 0) is 19.1 Å². The van der Waals surface area contributed by atoms with Crippen molar-refractivity contribution in [3.63, 3.8) is 0 Å². The first-order valence-electron chi connectivity index (χ1n) is 5.07. The summed E-state index contributed by atoms with van der Waals surface area (Å²) >= 11 is 0. The molecule has 0 unspecified atom stereocenters. The van der Waals surface area contributed by atoms with Gasteiger partial charge < -0.3 is 10.3 Å². The molecular formula is C12H11N3O2. The topological polar surface area (TPSA) is 74.8 Å². The molecular weight excluding hydrogens is 218 g/mol. The minimum Gasteiger partial charge on any atom is -0.353 e. The predicted octanol–water partition coefficient (Wildman–Crippen LogP) is 1.63. The van der Waals surface area contributed by atoms with Crippen molar-refractivity contribution in [1.82, 2.24) is 9.97 Å². The molecule has 0 aliphatic heterocycles. The second kappa shape index (κ2) is 4.61. The summed E-state index contributed by atoms with van der Waals surface area (Å²) in [5, 5.41) is 3.08. The van der Waals surface area contributed by atoms with Crippen LogP contribution >= 0.6 is 0 Å². The number of aromatic nitrogens is 2. The van der Waals surface area contributed by atoms with Crippen molar-refractivity contribution in [3.8, 4) is 0 Å². The molecule has 86 valence electrons. The van der Waals surface area contributed by atoms with E-state index in [1.807, 2.05) is 6.07 Å². The fraction of sp³-hybridized carbons (Fsp3) is 0.0833. The van der Waals surface area contributed by atoms with E-state index in [0.717, 1.165) is 12.0 Å². The molecule has 5 nitrogen and oxygen atoms in total. The number of nitrogens with one attached hydrogen (secondary N) is 2. The molecule has 2 N–H and O–H groups in total. The highest BCUT2D eigenvalue weighted by molar-refractivity contribution is 5.77. The monoisotopic (exact) mass is 229 g/mol. The van der Waals surface area contributed by atoms with Gasteiger partial charge in [-0.25, -0.2) is 4.79 Å². The third kappa shape index (κ3) is 2.57. The van der Waals surface area contributed by atoms with Gasteiger partial charge in [0.2, 0.25) is 0 Å². The molecule has 0 aliphatic carbocycles. The third-order valence-electron chi connectivity index (χ3n) is 2.31. The third-order valence-corrected chi connectivity index (χ3v) is 2.31. The van der Waals surface area contributed by atoms with Crippen LogP contribution in [-0.2, 0) is 0 Å². The first-order chi connectivity index (χ1) is 8.19. The number of carbonyl (C=O) groups excluding carboxylic acids is 1. The number of aldehydes is 1. The lowest BCUT2D eigenvalue weighted by molar-refractivity contribution is 0.112. The first kappa shape index (κ1) is 11.1. The summed E-state index contributed by atoms with van der Waals surface area (Å²) in [6, 6.07) is 7.05. The largest absolute Gasteiger partial charge is 0.353 e. The molecule has 2 rings (SSSR count). The number of nitrogens with zero attached hydrogens (tertiary/aromatic N) is 1. The van der Waals surface area contributed by atoms with Gasteiger partial charge in [0, 0.05) is 16.9 Å². The molecule has 0 bridgehead atoms. The Labute approximate surface area is 97.5 Å². The number of hydrogen-bond donors (Lipinski definition) is 2. The molecule has 0 radical (unpaired) electrons. The fourth-order valence-electron chi connectivity index (χ4n) is 1.45. The van der Waals surface area contributed by atoms with Crippen molar-refractivity contribution < 1.29 is 4.79 Å². The standard InChI is InChI=1S/C12H11N3O2/c1-8-11(6-13-12(17)14-8)15-10-4-2-3-9(5-10)7-16/h2-7,15H,1H3,(H,13,14,17). The molecule has 1 heterocycles. The molecule has 2 aromatic rings. The van der Waals surface area contributed by atoms with E-state index in [9.17, 15) is 9.59 Å². The van der Waals surface area contributed by atoms with Crippen molar-refractivity contribution in [2.24, 2.45) is 0 Å². The summed E-state index contributed by atoms with van der Waals surface area (Å²) < 4.78 is 0. The van der Waals surface area contributed by atoms with Crippen LogP contribution in [0.15, 0.2) is 35.3 Å². The average Bonchev–Trinajstić information content (AvgIpc) is 2.33. The summed E-state index contributed by atoms with van der Waals surface area (Å²) in [6.07, 6.45) is 2.24. The summed E-state index contributed by atoms with van der Waals surface area (Å²) in [5.41, 5.74) is 2.38. The number of hydrogen-bond acceptors (Lipinski definition) is 4. The van der Waals surface area contributed by atoms with Crippen LogP contribution in [0.5, 0.6) is 0 Å². The number of rotatable bonds is 3. The molecule has 1 aromatic carbocycles. The van der Waals surface area contributed by atoms with Crippen molar-refractivity contribution in [2.75, 3.05) is 5.32 Å². The van der Waals surface area contributed by atoms with Crippen LogP contribution < -0.4 is 11.0 Å². The van der Waals surface area contributed by atoms with Crippen molar-refractivity contribution in [1.29, 1.82) is 0 Å². The average molecular weight is 229 g/mol. The van der Waals surface area contributed by atoms with Crippen molar-refractivity contribution in [3.05, 3.63) is 52.2 Å². The molecule has 0 aliphatic rings. The Morgan fingerprint density at radius 1 is 1.41 bits per heavy atom. The van der Waals surface area contributed by atoms with Crippen LogP contribution in [0.4, 0.5) is 11.4 Å². The Morgan fingerprint density at radius 3 is 2.94 bits per heavy atom. The van der Waals surface area contributed by atoms with Gasteiger partial charge in [0.25, 0.3) is 0 Å². The Kier molecular flexibility index (Phi) is 3.00. The van der Waals surface area contributed by atoms with E-state index in [4.69, 9.17) is 0 Å². The van der Waals surface area contributed by atoms with Gasteiger partial charge in [0.1, 0.15) is 6.29 Å². The molecule has 0 saturated carbocycles. The van der Waals surface area contributed by atoms with Crippen LogP contribution in [0.25, 0.3) is 0 Å². The smallest absolute Gasteiger partial charge is 0.345 e. The number of H-pyrrole nitrogens is 1. The highest BCUT2D eigenvalue weighted by atomic mass is 16.1. The number of benzene rings is 1. The van der Waals surface area contributed by atoms with Crippen LogP contribution in [0, 0.1) is 6.92 Å². The van der Waals surface area contributed by atoms with Crippen molar-refractivity contribution >= 4 is 17.7 Å². The Balaban J connectivity index is 2.31. The van der Waals surface area contributed by atoms with Crippen LogP contribution in [0.1, 0.15) is 16.1 Å². The summed E-state index contributed by atoms with van der Waals surface area (Å²) in [6.45, 7) is 1.77. The lowest BCUT2D eigenvalue weighted by atomic mass is 10.2. The summed E-state index contributed by atoms with van der Waals surface area (Å²) in [5.74, 6) is 0. The lowest BCUT2D eigenvalue weighted by Crippen LogP contribution is -2.12. The molecule has 1 aromatic heterocycles. The number of aryl methyl sites for hydroxylation is 1. The molecule has 5 heteroatoms. The molecule has 0 spiro atoms. The highest BCUT2D eigenvalue weighted by Gasteiger charge is 2.01. The highest BCUT2D eigenvalue weighted by Crippen LogP contribution is 2.17. The first-order valence-corrected chi connectivity index (χ1v) is 5.07. The maximum Gasteiger partial charge on any atom is 0.345 e. The molecule has 0 saturated heterocycles. The molecule has 0 fully saturated rings. The quantitative estimate of drug-likeness (QED) is 0.784. The second-order valence-electron chi connectivity index (χ2n) is 3.60. The van der Waals surface area contributed by atoms with Gasteiger partial charge in [-0.3, -0.25) is 4.79 Å². The van der Waals surface area contributed by atoms with E-state index in [-0.39, 0.29) is 5.69 Å². The van der Waals surface area contributed by atoms with Gasteiger partial charge >= 0.3 is 5.69 Å². The minimum atomic E-state index is -0.380. The fourth-order valence-corrected chi connectivity index (χ4v) is 1.45. The molecule has 17 heavy (non-hydrogen) atoms. The van der Waals surface area contributed by atoms with Gasteiger partial charge in [-0.2, -0.15) is 4.98 Å². The van der Waals surface area contributed by atoms with Gasteiger partial charge in [-0.15, -0.1) is 0 Å². The van der Waals surface area contributed by atoms with Crippen LogP contribution in [0.2, 0.25) is 0 Å². The molecule has 0 amide bonds. The second-order valence-corrected chi connectivity index (χ2v) is 3.60. The zero-order valence-corrected chi connectivity index (χ0v) is 9.23. The lowest BCUT2D eigenvalue weighted by Gasteiger charge is -2.08. The number of carbonyl (C=O) groups is 1. The van der Waals surface area contributed by atoms with E-state index >= 15 is 0 Å². The zero-order chi connectivity index (χ0) is 12.3. The Bertz CT molecular complexity index is 605. The number of aromatic amines is 1. The van der Waals surface area contributed by atoms with Crippen LogP contribution in [0.3, 0.4) is 0 Å². The van der Waals surface area contributed by atoms with Crippen LogP contribution in [-0.4, -0.2) is 16.3 Å². The van der Waals surface area contributed by atoms with E-state index in [2.05, 4.69) is 15.3 Å². The summed E-state index contributed by atoms with van der Waals surface area (Å²) in [7, 11) is 0. The van der Waals surface area contributed by atoms with Crippen molar-refractivity contribution in [2.45, 2.75) is 6.92 Å². The normalized spacial score (nSPS) is 9.94. The minimum absolute atomic E-state index is 0.380. The van der Waals surface area contributed by atoms with Gasteiger partial charge in [-0.1, -0.05) is 12.1 Å². The number of anilines is 2. The van der Waals surface area contributed by atoms with E-state index < -0.39 is 0 Å². The Hall–Kier alpha value is -2.43. The summed E-state index contributed by atoms with van der Waals surface area (Å²) in [4.78, 5) is 27.8. The van der Waals surface area contributed by atoms with E-state index in [0.29, 0.717) is 16.9 Å². The zero-order valence-electron chi connectivity index (χ0n) is 9.23. The van der Waals surface area contributed by atoms with Gasteiger partial charge in [0.15, 0.2) is 0 Å². The van der Waals surface area contributed by atoms with E-state index in [1.54, 1.807) is 25.1 Å². The van der Waals surface area contributed by atoms with Gasteiger partial charge in [0.05, 0.1) is 11.9 Å². The maximum absolute atomic E-state index is 11.0.